The molecule has 2 heterocycles. The molecule has 0 amide bonds. The van der Waals surface area contributed by atoms with Gasteiger partial charge in [0.05, 0.1) is 12.3 Å². The molecule has 0 aliphatic carbocycles. The molecular weight excluding hydrogens is 369 g/mol. The Bertz CT molecular complexity index is 931. The van der Waals surface area contributed by atoms with Crippen LogP contribution < -0.4 is 5.32 Å². The van der Waals surface area contributed by atoms with Gasteiger partial charge in [0.15, 0.2) is 0 Å². The van der Waals surface area contributed by atoms with Crippen LogP contribution in [0.15, 0.2) is 65.3 Å². The monoisotopic (exact) mass is 395 g/mol. The van der Waals surface area contributed by atoms with Gasteiger partial charge in [-0.05, 0) is 37.6 Å². The summed E-state index contributed by atoms with van der Waals surface area (Å²) < 4.78 is 20.0. The number of rotatable bonds is 7. The molecule has 3 atom stereocenters. The molecule has 152 valence electrons. The highest BCUT2D eigenvalue weighted by Gasteiger charge is 2.40. The third-order valence-corrected chi connectivity index (χ3v) is 5.76. The number of aromatic nitrogens is 1. The Morgan fingerprint density at radius 3 is 2.69 bits per heavy atom. The van der Waals surface area contributed by atoms with Crippen molar-refractivity contribution in [3.8, 4) is 11.5 Å². The molecule has 1 aliphatic heterocycles. The molecule has 29 heavy (non-hydrogen) atoms. The van der Waals surface area contributed by atoms with E-state index in [4.69, 9.17) is 4.42 Å². The van der Waals surface area contributed by atoms with Crippen LogP contribution in [0.4, 0.5) is 4.39 Å². The van der Waals surface area contributed by atoms with E-state index in [2.05, 4.69) is 15.2 Å². The average Bonchev–Trinajstić information content (AvgIpc) is 3.34. The first kappa shape index (κ1) is 19.8. The van der Waals surface area contributed by atoms with Crippen molar-refractivity contribution in [3.63, 3.8) is 0 Å². The number of hydrogen-bond acceptors (Lipinski definition) is 5. The van der Waals surface area contributed by atoms with Gasteiger partial charge in [-0.25, -0.2) is 9.37 Å². The summed E-state index contributed by atoms with van der Waals surface area (Å²) in [5.41, 5.74) is 2.46. The van der Waals surface area contributed by atoms with Gasteiger partial charge in [-0.2, -0.15) is 0 Å². The summed E-state index contributed by atoms with van der Waals surface area (Å²) in [6, 6.07) is 16.7. The zero-order valence-corrected chi connectivity index (χ0v) is 16.5. The zero-order chi connectivity index (χ0) is 20.2. The van der Waals surface area contributed by atoms with Crippen LogP contribution in [-0.4, -0.2) is 41.2 Å². The number of likely N-dealkylation sites (N-methyl/N-ethyl adjacent to an activating group) is 1. The summed E-state index contributed by atoms with van der Waals surface area (Å²) in [5, 5.41) is 13.2. The lowest BCUT2D eigenvalue weighted by atomic mass is 9.92. The highest BCUT2D eigenvalue weighted by atomic mass is 19.1. The summed E-state index contributed by atoms with van der Waals surface area (Å²) in [4.78, 5) is 6.63. The molecule has 0 spiro atoms. The highest BCUT2D eigenvalue weighted by molar-refractivity contribution is 5.52. The number of nitrogens with zero attached hydrogens (tertiary/aromatic N) is 2. The number of aliphatic hydroxyl groups excluding tert-OH is 1. The quantitative estimate of drug-likeness (QED) is 0.640. The van der Waals surface area contributed by atoms with E-state index in [0.29, 0.717) is 24.5 Å². The minimum absolute atomic E-state index is 0.0307. The standard InChI is InChI=1S/C23H26FN3O2/c1-27-19(14-28)11-17(22(27)20-9-5-6-10-21(20)24)12-25-13-18-15-29-23(26-18)16-7-3-2-4-8-16/h2-10,15,17,19,22,25,28H,11-14H2,1H3/t17-,19+,22-/m1/s1. The van der Waals surface area contributed by atoms with Crippen molar-refractivity contribution < 1.29 is 13.9 Å². The Hall–Kier alpha value is -2.54. The summed E-state index contributed by atoms with van der Waals surface area (Å²) >= 11 is 0. The molecule has 0 saturated carbocycles. The Morgan fingerprint density at radius 2 is 1.93 bits per heavy atom. The molecule has 0 radical (unpaired) electrons. The van der Waals surface area contributed by atoms with Crippen LogP contribution in [0.1, 0.15) is 23.7 Å². The number of oxazole rings is 1. The molecule has 0 bridgehead atoms. The van der Waals surface area contributed by atoms with E-state index < -0.39 is 0 Å². The lowest BCUT2D eigenvalue weighted by Crippen LogP contribution is -2.32. The number of aliphatic hydroxyl groups is 1. The van der Waals surface area contributed by atoms with Crippen molar-refractivity contribution in [2.24, 2.45) is 5.92 Å². The van der Waals surface area contributed by atoms with E-state index in [1.807, 2.05) is 49.5 Å². The van der Waals surface area contributed by atoms with E-state index in [9.17, 15) is 9.50 Å². The van der Waals surface area contributed by atoms with E-state index in [1.165, 1.54) is 6.07 Å². The van der Waals surface area contributed by atoms with Gasteiger partial charge >= 0.3 is 0 Å². The van der Waals surface area contributed by atoms with Crippen molar-refractivity contribution in [1.82, 2.24) is 15.2 Å². The van der Waals surface area contributed by atoms with Gasteiger partial charge in [-0.1, -0.05) is 36.4 Å². The second-order valence-electron chi connectivity index (χ2n) is 7.60. The summed E-state index contributed by atoms with van der Waals surface area (Å²) in [5.74, 6) is 0.596. The van der Waals surface area contributed by atoms with Gasteiger partial charge in [-0.3, -0.25) is 4.90 Å². The first-order valence-corrected chi connectivity index (χ1v) is 9.95. The number of halogens is 1. The Balaban J connectivity index is 1.42. The van der Waals surface area contributed by atoms with Gasteiger partial charge < -0.3 is 14.8 Å². The fourth-order valence-electron chi connectivity index (χ4n) is 4.28. The molecule has 2 aromatic carbocycles. The largest absolute Gasteiger partial charge is 0.444 e. The highest BCUT2D eigenvalue weighted by Crippen LogP contribution is 2.40. The lowest BCUT2D eigenvalue weighted by Gasteiger charge is -2.28. The van der Waals surface area contributed by atoms with Crippen molar-refractivity contribution in [2.75, 3.05) is 20.2 Å². The minimum atomic E-state index is -0.197. The molecule has 1 aliphatic rings. The third-order valence-electron chi connectivity index (χ3n) is 5.76. The van der Waals surface area contributed by atoms with Gasteiger partial charge in [0.25, 0.3) is 0 Å². The predicted molar refractivity (Wildman–Crippen MR) is 110 cm³/mol. The maximum absolute atomic E-state index is 14.4. The SMILES string of the molecule is CN1[C@H](CO)C[C@H](CNCc2coc(-c3ccccc3)n2)[C@@H]1c1ccccc1F. The van der Waals surface area contributed by atoms with Gasteiger partial charge in [0, 0.05) is 36.3 Å². The molecule has 4 rings (SSSR count). The van der Waals surface area contributed by atoms with Crippen LogP contribution in [0.25, 0.3) is 11.5 Å². The Kier molecular flexibility index (Phi) is 6.04. The Morgan fingerprint density at radius 1 is 1.17 bits per heavy atom. The summed E-state index contributed by atoms with van der Waals surface area (Å²) in [6.07, 6.45) is 2.48. The fraction of sp³-hybridized carbons (Fsp3) is 0.348. The van der Waals surface area contributed by atoms with Gasteiger partial charge in [0.2, 0.25) is 5.89 Å². The van der Waals surface area contributed by atoms with Gasteiger partial charge in [0.1, 0.15) is 12.1 Å². The van der Waals surface area contributed by atoms with Crippen molar-refractivity contribution in [1.29, 1.82) is 0 Å². The Labute approximate surface area is 170 Å². The fourth-order valence-corrected chi connectivity index (χ4v) is 4.28. The molecule has 0 unspecified atom stereocenters. The van der Waals surface area contributed by atoms with Crippen LogP contribution in [0.3, 0.4) is 0 Å². The minimum Gasteiger partial charge on any atom is -0.444 e. The van der Waals surface area contributed by atoms with Crippen LogP contribution in [0.5, 0.6) is 0 Å². The molecule has 1 aromatic heterocycles. The average molecular weight is 395 g/mol. The van der Waals surface area contributed by atoms with E-state index >= 15 is 0 Å². The maximum atomic E-state index is 14.4. The smallest absolute Gasteiger partial charge is 0.226 e. The maximum Gasteiger partial charge on any atom is 0.226 e. The number of likely N-dealkylation sites (tertiary alicyclic amines) is 1. The van der Waals surface area contributed by atoms with Crippen LogP contribution in [-0.2, 0) is 6.54 Å². The van der Waals surface area contributed by atoms with Crippen molar-refractivity contribution >= 4 is 0 Å². The first-order chi connectivity index (χ1) is 14.2. The predicted octanol–water partition coefficient (Wildman–Crippen LogP) is 3.62. The number of benzene rings is 2. The molecule has 3 aromatic rings. The normalized spacial score (nSPS) is 22.2. The molecule has 1 fully saturated rings. The third kappa shape index (κ3) is 4.24. The summed E-state index contributed by atoms with van der Waals surface area (Å²) in [6.45, 7) is 1.35. The number of hydrogen-bond donors (Lipinski definition) is 2. The first-order valence-electron chi connectivity index (χ1n) is 9.95. The van der Waals surface area contributed by atoms with Crippen molar-refractivity contribution in [3.05, 3.63) is 77.9 Å². The summed E-state index contributed by atoms with van der Waals surface area (Å²) in [7, 11) is 1.96. The zero-order valence-electron chi connectivity index (χ0n) is 16.5. The molecule has 6 heteroatoms. The molecule has 2 N–H and O–H groups in total. The van der Waals surface area contributed by atoms with Crippen molar-refractivity contribution in [2.45, 2.75) is 25.0 Å². The molecule has 5 nitrogen and oxygen atoms in total. The lowest BCUT2D eigenvalue weighted by molar-refractivity contribution is 0.151. The van der Waals surface area contributed by atoms with Crippen LogP contribution in [0.2, 0.25) is 0 Å². The molecular formula is C23H26FN3O2. The number of nitrogens with one attached hydrogen (secondary N) is 1. The second kappa shape index (κ2) is 8.86. The topological polar surface area (TPSA) is 61.5 Å². The van der Waals surface area contributed by atoms with Crippen LogP contribution in [0, 0.1) is 11.7 Å². The van der Waals surface area contributed by atoms with Crippen LogP contribution >= 0.6 is 0 Å². The van der Waals surface area contributed by atoms with E-state index in [1.54, 1.807) is 12.3 Å². The van der Waals surface area contributed by atoms with E-state index in [-0.39, 0.29) is 30.4 Å². The molecule has 1 saturated heterocycles. The second-order valence-corrected chi connectivity index (χ2v) is 7.60. The van der Waals surface area contributed by atoms with Gasteiger partial charge in [-0.15, -0.1) is 0 Å². The van der Waals surface area contributed by atoms with E-state index in [0.717, 1.165) is 17.7 Å².